The summed E-state index contributed by atoms with van der Waals surface area (Å²) in [4.78, 5) is 0. The lowest BCUT2D eigenvalue weighted by molar-refractivity contribution is 0.575. The minimum absolute atomic E-state index is 0.0493. The topological polar surface area (TPSA) is 41.6 Å². The molecule has 0 spiro atoms. The number of allylic oxidation sites excluding steroid dienone is 4. The highest BCUT2D eigenvalue weighted by Crippen LogP contribution is 2.25. The molecule has 1 aromatic carbocycles. The molecule has 3 nitrogen and oxygen atoms in total. The summed E-state index contributed by atoms with van der Waals surface area (Å²) >= 11 is 0. The van der Waals surface area contributed by atoms with Crippen LogP contribution in [-0.2, 0) is 13.0 Å². The molecule has 0 N–H and O–H groups in total. The minimum atomic E-state index is -0.0493. The second-order valence-corrected chi connectivity index (χ2v) is 5.64. The van der Waals surface area contributed by atoms with Gasteiger partial charge < -0.3 is 0 Å². The summed E-state index contributed by atoms with van der Waals surface area (Å²) in [5.41, 5.74) is 4.79. The summed E-state index contributed by atoms with van der Waals surface area (Å²) in [7, 11) is 0. The quantitative estimate of drug-likeness (QED) is 0.831. The van der Waals surface area contributed by atoms with Gasteiger partial charge in [-0.15, -0.1) is 0 Å². The van der Waals surface area contributed by atoms with E-state index in [0.29, 0.717) is 12.0 Å². The van der Waals surface area contributed by atoms with E-state index in [9.17, 15) is 4.39 Å². The molecule has 0 saturated carbocycles. The van der Waals surface area contributed by atoms with Crippen molar-refractivity contribution in [2.24, 2.45) is 0 Å². The van der Waals surface area contributed by atoms with Crippen LogP contribution in [0.1, 0.15) is 31.0 Å². The van der Waals surface area contributed by atoms with E-state index in [1.807, 2.05) is 29.0 Å². The summed E-state index contributed by atoms with van der Waals surface area (Å²) in [5, 5.41) is 13.7. The zero-order valence-electron chi connectivity index (χ0n) is 13.1. The van der Waals surface area contributed by atoms with Crippen LogP contribution in [0.4, 0.5) is 4.39 Å². The summed E-state index contributed by atoms with van der Waals surface area (Å²) < 4.78 is 15.1. The van der Waals surface area contributed by atoms with Crippen LogP contribution in [0.25, 0.3) is 11.3 Å². The Morgan fingerprint density at radius 2 is 2.13 bits per heavy atom. The second-order valence-electron chi connectivity index (χ2n) is 5.64. The van der Waals surface area contributed by atoms with E-state index in [0.717, 1.165) is 36.3 Å². The van der Waals surface area contributed by atoms with Crippen LogP contribution in [0.5, 0.6) is 0 Å². The molecule has 2 aromatic rings. The first-order valence-electron chi connectivity index (χ1n) is 7.81. The lowest BCUT2D eigenvalue weighted by atomic mass is 9.99. The van der Waals surface area contributed by atoms with E-state index in [-0.39, 0.29) is 5.83 Å². The molecule has 1 aromatic heterocycles. The Kier molecular flexibility index (Phi) is 4.38. The van der Waals surface area contributed by atoms with Gasteiger partial charge in [-0.1, -0.05) is 23.8 Å². The fourth-order valence-corrected chi connectivity index (χ4v) is 2.80. The first kappa shape index (κ1) is 15.2. The SMILES string of the molecule is CCn1nc(-c2cccc(C#N)c2)cc1CC1=CC=C(F)CC1. The molecule has 0 amide bonds. The molecule has 4 heteroatoms. The van der Waals surface area contributed by atoms with Crippen LogP contribution in [0, 0.1) is 11.3 Å². The molecule has 0 aliphatic heterocycles. The standard InChI is InChI=1S/C19H18FN3/c1-2-23-18(11-14-6-8-17(20)9-7-14)12-19(22-23)16-5-3-4-15(10-16)13-21/h3-6,8,10,12H,2,7,9,11H2,1H3. The fourth-order valence-electron chi connectivity index (χ4n) is 2.80. The van der Waals surface area contributed by atoms with Gasteiger partial charge in [0.2, 0.25) is 0 Å². The van der Waals surface area contributed by atoms with E-state index in [1.165, 1.54) is 5.57 Å². The van der Waals surface area contributed by atoms with Gasteiger partial charge in [0.05, 0.1) is 17.3 Å². The molecule has 1 aliphatic carbocycles. The van der Waals surface area contributed by atoms with Crippen LogP contribution in [0.15, 0.2) is 53.9 Å². The van der Waals surface area contributed by atoms with Gasteiger partial charge in [-0.3, -0.25) is 4.68 Å². The Labute approximate surface area is 135 Å². The molecule has 0 radical (unpaired) electrons. The normalized spacial score (nSPS) is 14.1. The first-order valence-corrected chi connectivity index (χ1v) is 7.81. The molecule has 0 saturated heterocycles. The zero-order chi connectivity index (χ0) is 16.2. The summed E-state index contributed by atoms with van der Waals surface area (Å²) in [6, 6.07) is 11.7. The van der Waals surface area contributed by atoms with Gasteiger partial charge in [0.25, 0.3) is 0 Å². The van der Waals surface area contributed by atoms with Crippen molar-refractivity contribution in [1.29, 1.82) is 5.26 Å². The van der Waals surface area contributed by atoms with Crippen molar-refractivity contribution in [3.05, 3.63) is 65.1 Å². The predicted molar refractivity (Wildman–Crippen MR) is 88.3 cm³/mol. The molecule has 1 heterocycles. The van der Waals surface area contributed by atoms with E-state index >= 15 is 0 Å². The van der Waals surface area contributed by atoms with Gasteiger partial charge in [-0.25, -0.2) is 4.39 Å². The second kappa shape index (κ2) is 6.62. The Bertz CT molecular complexity index is 821. The Hall–Kier alpha value is -2.67. The Morgan fingerprint density at radius 3 is 2.83 bits per heavy atom. The van der Waals surface area contributed by atoms with Crippen molar-refractivity contribution < 1.29 is 4.39 Å². The molecule has 23 heavy (non-hydrogen) atoms. The van der Waals surface area contributed by atoms with Gasteiger partial charge in [0.15, 0.2) is 0 Å². The minimum Gasteiger partial charge on any atom is -0.269 e. The van der Waals surface area contributed by atoms with Gasteiger partial charge in [-0.05, 0) is 37.6 Å². The van der Waals surface area contributed by atoms with E-state index in [1.54, 1.807) is 12.1 Å². The third kappa shape index (κ3) is 3.40. The highest BCUT2D eigenvalue weighted by atomic mass is 19.1. The zero-order valence-corrected chi connectivity index (χ0v) is 13.1. The van der Waals surface area contributed by atoms with E-state index in [2.05, 4.69) is 24.2 Å². The Morgan fingerprint density at radius 1 is 1.26 bits per heavy atom. The van der Waals surface area contributed by atoms with Crippen molar-refractivity contribution in [3.63, 3.8) is 0 Å². The molecular formula is C19H18FN3. The molecular weight excluding hydrogens is 289 g/mol. The summed E-state index contributed by atoms with van der Waals surface area (Å²) in [5.74, 6) is -0.0493. The molecule has 116 valence electrons. The average Bonchev–Trinajstić information content (AvgIpc) is 3.00. The van der Waals surface area contributed by atoms with E-state index < -0.39 is 0 Å². The van der Waals surface area contributed by atoms with Gasteiger partial charge in [-0.2, -0.15) is 10.4 Å². The average molecular weight is 307 g/mol. The van der Waals surface area contributed by atoms with Crippen LogP contribution >= 0.6 is 0 Å². The van der Waals surface area contributed by atoms with Crippen LogP contribution in [0.2, 0.25) is 0 Å². The van der Waals surface area contributed by atoms with Crippen molar-refractivity contribution in [2.45, 2.75) is 32.7 Å². The van der Waals surface area contributed by atoms with Crippen LogP contribution in [0.3, 0.4) is 0 Å². The molecule has 0 atom stereocenters. The van der Waals surface area contributed by atoms with Crippen LogP contribution < -0.4 is 0 Å². The molecule has 1 aliphatic rings. The number of benzene rings is 1. The number of hydrogen-bond acceptors (Lipinski definition) is 2. The summed E-state index contributed by atoms with van der Waals surface area (Å²) in [6.45, 7) is 2.84. The number of halogens is 1. The van der Waals surface area contributed by atoms with Crippen molar-refractivity contribution in [3.8, 4) is 17.3 Å². The number of aryl methyl sites for hydroxylation is 1. The maximum absolute atomic E-state index is 13.1. The summed E-state index contributed by atoms with van der Waals surface area (Å²) in [6.07, 6.45) is 5.47. The monoisotopic (exact) mass is 307 g/mol. The number of nitriles is 1. The third-order valence-corrected chi connectivity index (χ3v) is 4.04. The van der Waals surface area contributed by atoms with Crippen molar-refractivity contribution in [2.75, 3.05) is 0 Å². The number of rotatable bonds is 4. The van der Waals surface area contributed by atoms with Gasteiger partial charge >= 0.3 is 0 Å². The third-order valence-electron chi connectivity index (χ3n) is 4.04. The number of nitrogens with zero attached hydrogens (tertiary/aromatic N) is 3. The lowest BCUT2D eigenvalue weighted by Crippen LogP contribution is -2.05. The smallest absolute Gasteiger partial charge is 0.100 e. The van der Waals surface area contributed by atoms with Gasteiger partial charge in [0.1, 0.15) is 5.83 Å². The maximum Gasteiger partial charge on any atom is 0.100 e. The fraction of sp³-hybridized carbons (Fsp3) is 0.263. The number of aromatic nitrogens is 2. The molecule has 0 fully saturated rings. The van der Waals surface area contributed by atoms with E-state index in [4.69, 9.17) is 5.26 Å². The number of hydrogen-bond donors (Lipinski definition) is 0. The Balaban J connectivity index is 1.90. The highest BCUT2D eigenvalue weighted by molar-refractivity contribution is 5.61. The molecule has 0 bridgehead atoms. The lowest BCUT2D eigenvalue weighted by Gasteiger charge is -2.11. The molecule has 3 rings (SSSR count). The first-order chi connectivity index (χ1) is 11.2. The highest BCUT2D eigenvalue weighted by Gasteiger charge is 2.13. The van der Waals surface area contributed by atoms with Crippen LogP contribution in [-0.4, -0.2) is 9.78 Å². The largest absolute Gasteiger partial charge is 0.269 e. The van der Waals surface area contributed by atoms with Crippen molar-refractivity contribution >= 4 is 0 Å². The molecule has 0 unspecified atom stereocenters. The maximum atomic E-state index is 13.1. The van der Waals surface area contributed by atoms with Gasteiger partial charge in [0, 0.05) is 30.6 Å². The van der Waals surface area contributed by atoms with Crippen molar-refractivity contribution in [1.82, 2.24) is 9.78 Å². The predicted octanol–water partition coefficient (Wildman–Crippen LogP) is 4.56.